The van der Waals surface area contributed by atoms with Gasteiger partial charge in [0.25, 0.3) is 5.91 Å². The van der Waals surface area contributed by atoms with Crippen LogP contribution in [0.3, 0.4) is 0 Å². The maximum absolute atomic E-state index is 12.8. The molecule has 2 amide bonds. The first-order valence-corrected chi connectivity index (χ1v) is 9.51. The lowest BCUT2D eigenvalue weighted by Crippen LogP contribution is -2.42. The van der Waals surface area contributed by atoms with Gasteiger partial charge < -0.3 is 9.47 Å². The summed E-state index contributed by atoms with van der Waals surface area (Å²) in [6, 6.07) is 4.24. The van der Waals surface area contributed by atoms with Gasteiger partial charge in [0.15, 0.2) is 6.61 Å². The molecule has 2 fully saturated rings. The first-order valence-electron chi connectivity index (χ1n) is 8.07. The van der Waals surface area contributed by atoms with Gasteiger partial charge in [-0.15, -0.1) is 0 Å². The molecule has 1 unspecified atom stereocenters. The van der Waals surface area contributed by atoms with E-state index >= 15 is 0 Å². The number of aryl methyl sites for hydroxylation is 1. The zero-order valence-corrected chi connectivity index (χ0v) is 14.9. The van der Waals surface area contributed by atoms with E-state index in [1.165, 1.54) is 10.4 Å². The number of benzene rings is 1. The topological polar surface area (TPSA) is 93.2 Å². The van der Waals surface area contributed by atoms with Gasteiger partial charge in [-0.05, 0) is 44.0 Å². The number of rotatable bonds is 5. The third kappa shape index (κ3) is 3.21. The standard InChI is InChI=1S/C16H20N2O6S/c1-3-23-14-5-4-13(8-11(14)2)25(21,22)17-7-6-12(9-17)18-15(19)10-24-16(18)20/h4-5,8,12H,3,6-7,9-10H2,1-2H3. The smallest absolute Gasteiger partial charge is 0.417 e. The third-order valence-corrected chi connectivity index (χ3v) is 6.22. The molecule has 3 rings (SSSR count). The summed E-state index contributed by atoms with van der Waals surface area (Å²) >= 11 is 0. The molecular formula is C16H20N2O6S. The third-order valence-electron chi connectivity index (χ3n) is 4.36. The zero-order chi connectivity index (χ0) is 18.2. The molecule has 1 atom stereocenters. The van der Waals surface area contributed by atoms with Crippen LogP contribution in [0.15, 0.2) is 23.1 Å². The quantitative estimate of drug-likeness (QED) is 0.774. The lowest BCUT2D eigenvalue weighted by Gasteiger charge is -2.20. The summed E-state index contributed by atoms with van der Waals surface area (Å²) in [6.45, 7) is 4.20. The van der Waals surface area contributed by atoms with Gasteiger partial charge >= 0.3 is 6.09 Å². The van der Waals surface area contributed by atoms with Gasteiger partial charge in [-0.25, -0.2) is 18.1 Å². The van der Waals surface area contributed by atoms with E-state index < -0.39 is 28.1 Å². The molecule has 2 heterocycles. The van der Waals surface area contributed by atoms with Crippen LogP contribution in [0.4, 0.5) is 4.79 Å². The minimum absolute atomic E-state index is 0.0788. The molecule has 0 radical (unpaired) electrons. The molecule has 1 aromatic rings. The highest BCUT2D eigenvalue weighted by Crippen LogP contribution is 2.28. The number of nitrogens with zero attached hydrogens (tertiary/aromatic N) is 2. The molecular weight excluding hydrogens is 348 g/mol. The van der Waals surface area contributed by atoms with Crippen molar-refractivity contribution in [3.63, 3.8) is 0 Å². The molecule has 1 aromatic carbocycles. The molecule has 25 heavy (non-hydrogen) atoms. The van der Waals surface area contributed by atoms with Crippen LogP contribution >= 0.6 is 0 Å². The van der Waals surface area contributed by atoms with Crippen LogP contribution in [0.2, 0.25) is 0 Å². The number of cyclic esters (lactones) is 1. The van der Waals surface area contributed by atoms with Gasteiger partial charge in [-0.1, -0.05) is 0 Å². The number of carbonyl (C=O) groups is 2. The Bertz CT molecular complexity index is 791. The molecule has 0 aliphatic carbocycles. The molecule has 8 nitrogen and oxygen atoms in total. The number of hydrogen-bond donors (Lipinski definition) is 0. The van der Waals surface area contributed by atoms with Crippen molar-refractivity contribution in [2.24, 2.45) is 0 Å². The average molecular weight is 368 g/mol. The van der Waals surface area contributed by atoms with Crippen molar-refractivity contribution < 1.29 is 27.5 Å². The Hall–Kier alpha value is -2.13. The van der Waals surface area contributed by atoms with Crippen LogP contribution in [0.1, 0.15) is 18.9 Å². The first-order chi connectivity index (χ1) is 11.8. The molecule has 0 N–H and O–H groups in total. The van der Waals surface area contributed by atoms with Gasteiger partial charge in [0, 0.05) is 13.1 Å². The zero-order valence-electron chi connectivity index (χ0n) is 14.1. The summed E-state index contributed by atoms with van der Waals surface area (Å²) in [7, 11) is -3.70. The minimum Gasteiger partial charge on any atom is -0.494 e. The molecule has 9 heteroatoms. The molecule has 0 spiro atoms. The number of sulfonamides is 1. The van der Waals surface area contributed by atoms with Crippen molar-refractivity contribution in [3.8, 4) is 5.75 Å². The Kier molecular flexibility index (Phi) is 4.70. The van der Waals surface area contributed by atoms with E-state index in [1.807, 2.05) is 6.92 Å². The monoisotopic (exact) mass is 368 g/mol. The Morgan fingerprint density at radius 3 is 2.68 bits per heavy atom. The van der Waals surface area contributed by atoms with Gasteiger partial charge in [0.1, 0.15) is 5.75 Å². The van der Waals surface area contributed by atoms with Crippen molar-refractivity contribution in [2.75, 3.05) is 26.3 Å². The second kappa shape index (κ2) is 6.64. The Balaban J connectivity index is 1.78. The van der Waals surface area contributed by atoms with Gasteiger partial charge in [0.05, 0.1) is 17.5 Å². The van der Waals surface area contributed by atoms with Gasteiger partial charge in [-0.2, -0.15) is 4.31 Å². The number of carbonyl (C=O) groups excluding carboxylic acids is 2. The Labute approximate surface area is 146 Å². The minimum atomic E-state index is -3.70. The Morgan fingerprint density at radius 1 is 1.32 bits per heavy atom. The number of amides is 2. The van der Waals surface area contributed by atoms with E-state index in [0.717, 1.165) is 10.5 Å². The lowest BCUT2D eigenvalue weighted by atomic mass is 10.2. The fraction of sp³-hybridized carbons (Fsp3) is 0.500. The molecule has 2 saturated heterocycles. The van der Waals surface area contributed by atoms with Gasteiger partial charge in [-0.3, -0.25) is 4.79 Å². The molecule has 136 valence electrons. The van der Waals surface area contributed by atoms with E-state index in [9.17, 15) is 18.0 Å². The molecule has 2 aliphatic rings. The first kappa shape index (κ1) is 17.7. The normalized spacial score (nSPS) is 21.7. The van der Waals surface area contributed by atoms with Crippen molar-refractivity contribution in [3.05, 3.63) is 23.8 Å². The summed E-state index contributed by atoms with van der Waals surface area (Å²) < 4.78 is 37.1. The summed E-state index contributed by atoms with van der Waals surface area (Å²) in [5.41, 5.74) is 0.733. The van der Waals surface area contributed by atoms with Crippen molar-refractivity contribution in [1.82, 2.24) is 9.21 Å². The molecule has 2 aliphatic heterocycles. The van der Waals surface area contributed by atoms with Crippen LogP contribution in [-0.2, 0) is 19.6 Å². The van der Waals surface area contributed by atoms with E-state index in [1.54, 1.807) is 19.1 Å². The lowest BCUT2D eigenvalue weighted by molar-refractivity contribution is -0.127. The van der Waals surface area contributed by atoms with E-state index in [-0.39, 0.29) is 24.6 Å². The predicted octanol–water partition coefficient (Wildman–Crippen LogP) is 1.14. The van der Waals surface area contributed by atoms with Crippen molar-refractivity contribution >= 4 is 22.0 Å². The Morgan fingerprint density at radius 2 is 2.08 bits per heavy atom. The largest absolute Gasteiger partial charge is 0.494 e. The molecule has 0 bridgehead atoms. The van der Waals surface area contributed by atoms with Crippen LogP contribution in [-0.4, -0.2) is 62.0 Å². The highest BCUT2D eigenvalue weighted by molar-refractivity contribution is 7.89. The second-order valence-corrected chi connectivity index (χ2v) is 7.92. The molecule has 0 saturated carbocycles. The van der Waals surface area contributed by atoms with Crippen LogP contribution in [0, 0.1) is 6.92 Å². The molecule has 0 aromatic heterocycles. The summed E-state index contributed by atoms with van der Waals surface area (Å²) in [4.78, 5) is 24.6. The van der Waals surface area contributed by atoms with Crippen LogP contribution in [0.5, 0.6) is 5.75 Å². The summed E-state index contributed by atoms with van der Waals surface area (Å²) in [5.74, 6) is 0.220. The van der Waals surface area contributed by atoms with E-state index in [4.69, 9.17) is 9.47 Å². The average Bonchev–Trinajstić information content (AvgIpc) is 3.16. The number of ether oxygens (including phenoxy) is 2. The van der Waals surface area contributed by atoms with Crippen molar-refractivity contribution in [1.29, 1.82) is 0 Å². The summed E-state index contributed by atoms with van der Waals surface area (Å²) in [5, 5.41) is 0. The SMILES string of the molecule is CCOc1ccc(S(=O)(=O)N2CCC(N3C(=O)COC3=O)C2)cc1C. The highest BCUT2D eigenvalue weighted by atomic mass is 32.2. The van der Waals surface area contributed by atoms with Crippen LogP contribution in [0.25, 0.3) is 0 Å². The van der Waals surface area contributed by atoms with Crippen LogP contribution < -0.4 is 4.74 Å². The summed E-state index contributed by atoms with van der Waals surface area (Å²) in [6.07, 6.45) is -0.304. The fourth-order valence-electron chi connectivity index (χ4n) is 3.11. The van der Waals surface area contributed by atoms with Crippen molar-refractivity contribution in [2.45, 2.75) is 31.2 Å². The number of hydrogen-bond acceptors (Lipinski definition) is 6. The van der Waals surface area contributed by atoms with Gasteiger partial charge in [0.2, 0.25) is 10.0 Å². The highest BCUT2D eigenvalue weighted by Gasteiger charge is 2.43. The predicted molar refractivity (Wildman–Crippen MR) is 87.7 cm³/mol. The van der Waals surface area contributed by atoms with E-state index in [0.29, 0.717) is 18.8 Å². The second-order valence-electron chi connectivity index (χ2n) is 5.98. The fourth-order valence-corrected chi connectivity index (χ4v) is 4.68. The number of imide groups is 1. The van der Waals surface area contributed by atoms with E-state index in [2.05, 4.69) is 0 Å². The maximum Gasteiger partial charge on any atom is 0.417 e. The maximum atomic E-state index is 12.8.